The van der Waals surface area contributed by atoms with Gasteiger partial charge in [-0.2, -0.15) is 0 Å². The van der Waals surface area contributed by atoms with Crippen molar-refractivity contribution >= 4 is 17.9 Å². The van der Waals surface area contributed by atoms with Crippen LogP contribution in [-0.4, -0.2) is 88.4 Å². The van der Waals surface area contributed by atoms with Gasteiger partial charge in [0.2, 0.25) is 0 Å². The highest BCUT2D eigenvalue weighted by atomic mass is 16.7. The fourth-order valence-corrected chi connectivity index (χ4v) is 7.14. The molecule has 1 saturated heterocycles. The summed E-state index contributed by atoms with van der Waals surface area (Å²) in [5.41, 5.74) is 0. The molecular formula is C53H88O11. The number of ether oxygens (including phenoxy) is 4. The molecule has 4 N–H and O–H groups in total. The summed E-state index contributed by atoms with van der Waals surface area (Å²) < 4.78 is 21.7. The lowest BCUT2D eigenvalue weighted by molar-refractivity contribution is -0.298. The number of carbonyl (C=O) groups excluding carboxylic acids is 2. The van der Waals surface area contributed by atoms with Crippen LogP contribution in [0.2, 0.25) is 0 Å². The van der Waals surface area contributed by atoms with Gasteiger partial charge in [0.1, 0.15) is 24.9 Å². The van der Waals surface area contributed by atoms with Crippen molar-refractivity contribution in [2.45, 2.75) is 230 Å². The summed E-state index contributed by atoms with van der Waals surface area (Å²) in [5.74, 6) is -2.52. The predicted molar refractivity (Wildman–Crippen MR) is 257 cm³/mol. The zero-order valence-corrected chi connectivity index (χ0v) is 39.8. The lowest BCUT2D eigenvalue weighted by Gasteiger charge is -2.38. The van der Waals surface area contributed by atoms with Crippen molar-refractivity contribution in [1.82, 2.24) is 0 Å². The van der Waals surface area contributed by atoms with Crippen molar-refractivity contribution < 1.29 is 53.8 Å². The number of rotatable bonds is 41. The number of unbranched alkanes of at least 4 members (excludes halogenated alkanes) is 18. The minimum absolute atomic E-state index is 0.154. The molecule has 0 radical (unpaired) electrons. The molecule has 0 bridgehead atoms. The number of aliphatic hydroxyl groups is 3. The molecule has 11 heteroatoms. The average molecular weight is 901 g/mol. The molecule has 1 rings (SSSR count). The number of hydrogen-bond donors (Lipinski definition) is 4. The maximum absolute atomic E-state index is 12.8. The van der Waals surface area contributed by atoms with Crippen LogP contribution < -0.4 is 0 Å². The third-order valence-corrected chi connectivity index (χ3v) is 11.0. The van der Waals surface area contributed by atoms with Crippen molar-refractivity contribution in [3.63, 3.8) is 0 Å². The number of allylic oxidation sites excluding steroid dienone is 12. The van der Waals surface area contributed by atoms with Crippen LogP contribution in [0, 0.1) is 0 Å². The number of carboxylic acid groups (broad SMARTS) is 1. The second kappa shape index (κ2) is 42.3. The normalized spacial score (nSPS) is 19.9. The molecule has 0 aromatic heterocycles. The van der Waals surface area contributed by atoms with E-state index in [0.29, 0.717) is 19.3 Å². The number of carbonyl (C=O) groups is 3. The molecular weight excluding hydrogens is 813 g/mol. The van der Waals surface area contributed by atoms with E-state index < -0.39 is 61.3 Å². The Labute approximate surface area is 387 Å². The van der Waals surface area contributed by atoms with E-state index in [4.69, 9.17) is 18.9 Å². The highest BCUT2D eigenvalue weighted by Gasteiger charge is 2.47. The van der Waals surface area contributed by atoms with E-state index >= 15 is 0 Å². The summed E-state index contributed by atoms with van der Waals surface area (Å²) in [6.45, 7) is 3.66. The van der Waals surface area contributed by atoms with E-state index in [0.717, 1.165) is 51.4 Å². The van der Waals surface area contributed by atoms with Crippen LogP contribution in [0.15, 0.2) is 72.9 Å². The monoisotopic (exact) mass is 901 g/mol. The summed E-state index contributed by atoms with van der Waals surface area (Å²) in [4.78, 5) is 36.9. The van der Waals surface area contributed by atoms with Crippen LogP contribution in [0.4, 0.5) is 0 Å². The van der Waals surface area contributed by atoms with Gasteiger partial charge in [0.05, 0.1) is 6.61 Å². The first-order valence-corrected chi connectivity index (χ1v) is 25.0. The van der Waals surface area contributed by atoms with Gasteiger partial charge in [0.15, 0.2) is 18.5 Å². The quantitative estimate of drug-likeness (QED) is 0.0262. The van der Waals surface area contributed by atoms with Crippen LogP contribution in [0.1, 0.15) is 194 Å². The molecule has 0 aromatic carbocycles. The lowest BCUT2D eigenvalue weighted by Crippen LogP contribution is -2.60. The first-order valence-electron chi connectivity index (χ1n) is 25.0. The van der Waals surface area contributed by atoms with Gasteiger partial charge in [-0.15, -0.1) is 0 Å². The highest BCUT2D eigenvalue weighted by Crippen LogP contribution is 2.23. The standard InChI is InChI=1S/C53H88O11/c1-3-5-7-9-11-13-15-17-19-21-22-23-24-26-28-30-32-34-36-38-40-42-47(55)63-45(44-62-53-50(58)48(56)49(57)51(64-53)52(59)60)43-61-46(54)41-39-37-35-33-31-29-27-25-20-18-16-14-12-10-8-6-4-2/h6,8,12,14,18,20-22,27,29,33,35,45,48-51,53,56-58H,3-5,7,9-11,13,15-17,19,23-26,28,30-32,34,36-44H2,1-2H3,(H,59,60)/b8-6-,14-12-,20-18-,22-21-,29-27-,35-33-. The zero-order valence-electron chi connectivity index (χ0n) is 39.8. The Balaban J connectivity index is 2.35. The highest BCUT2D eigenvalue weighted by molar-refractivity contribution is 5.73. The van der Waals surface area contributed by atoms with Gasteiger partial charge in [0, 0.05) is 12.8 Å². The van der Waals surface area contributed by atoms with Gasteiger partial charge >= 0.3 is 17.9 Å². The maximum Gasteiger partial charge on any atom is 0.335 e. The number of hydrogen-bond acceptors (Lipinski definition) is 10. The molecule has 0 spiro atoms. The topological polar surface area (TPSA) is 169 Å². The van der Waals surface area contributed by atoms with Gasteiger partial charge < -0.3 is 39.4 Å². The first-order chi connectivity index (χ1) is 31.2. The fraction of sp³-hybridized carbons (Fsp3) is 0.717. The van der Waals surface area contributed by atoms with Crippen molar-refractivity contribution in [3.05, 3.63) is 72.9 Å². The summed E-state index contributed by atoms with van der Waals surface area (Å²) in [5, 5.41) is 39.9. The summed E-state index contributed by atoms with van der Waals surface area (Å²) in [6, 6.07) is 0. The fourth-order valence-electron chi connectivity index (χ4n) is 7.14. The SMILES string of the molecule is CC/C=C\C/C=C\C/C=C\C/C=C\C/C=C\CCCC(=O)OCC(COC1OC(C(=O)O)C(O)C(O)C1O)OC(=O)CCCCCCCCCCC/C=C\CCCCCCCCCC. The van der Waals surface area contributed by atoms with Gasteiger partial charge in [-0.25, -0.2) is 4.79 Å². The largest absolute Gasteiger partial charge is 0.479 e. The molecule has 0 aromatic rings. The predicted octanol–water partition coefficient (Wildman–Crippen LogP) is 11.6. The Morgan fingerprint density at radius 2 is 0.938 bits per heavy atom. The molecule has 6 atom stereocenters. The molecule has 366 valence electrons. The Bertz CT molecular complexity index is 1340. The van der Waals surface area contributed by atoms with E-state index in [1.165, 1.54) is 96.3 Å². The second-order valence-corrected chi connectivity index (χ2v) is 16.9. The molecule has 1 aliphatic rings. The van der Waals surface area contributed by atoms with Crippen LogP contribution in [-0.2, 0) is 33.3 Å². The van der Waals surface area contributed by atoms with Crippen LogP contribution in [0.25, 0.3) is 0 Å². The van der Waals surface area contributed by atoms with E-state index in [-0.39, 0.29) is 19.4 Å². The van der Waals surface area contributed by atoms with Gasteiger partial charge in [-0.1, -0.05) is 177 Å². The van der Waals surface area contributed by atoms with Gasteiger partial charge in [-0.3, -0.25) is 9.59 Å². The summed E-state index contributed by atoms with van der Waals surface area (Å²) >= 11 is 0. The third kappa shape index (κ3) is 33.2. The van der Waals surface area contributed by atoms with Crippen LogP contribution in [0.3, 0.4) is 0 Å². The molecule has 64 heavy (non-hydrogen) atoms. The molecule has 11 nitrogen and oxygen atoms in total. The Morgan fingerprint density at radius 3 is 1.45 bits per heavy atom. The molecule has 1 aliphatic heterocycles. The Hall–Kier alpha value is -3.35. The molecule has 0 amide bonds. The first kappa shape index (κ1) is 58.7. The van der Waals surface area contributed by atoms with Crippen LogP contribution >= 0.6 is 0 Å². The average Bonchev–Trinajstić information content (AvgIpc) is 3.28. The van der Waals surface area contributed by atoms with Gasteiger partial charge in [0.25, 0.3) is 0 Å². The Kier molecular flexibility index (Phi) is 38.8. The molecule has 1 heterocycles. The van der Waals surface area contributed by atoms with Crippen molar-refractivity contribution in [2.24, 2.45) is 0 Å². The minimum atomic E-state index is -1.87. The zero-order chi connectivity index (χ0) is 46.7. The molecule has 6 unspecified atom stereocenters. The van der Waals surface area contributed by atoms with Crippen molar-refractivity contribution in [3.8, 4) is 0 Å². The van der Waals surface area contributed by atoms with E-state index in [1.54, 1.807) is 0 Å². The summed E-state index contributed by atoms with van der Waals surface area (Å²) in [6.07, 6.45) is 45.3. The number of esters is 2. The number of carboxylic acids is 1. The van der Waals surface area contributed by atoms with Crippen molar-refractivity contribution in [2.75, 3.05) is 13.2 Å². The lowest BCUT2D eigenvalue weighted by atomic mass is 9.99. The molecule has 1 fully saturated rings. The third-order valence-electron chi connectivity index (χ3n) is 11.0. The maximum atomic E-state index is 12.8. The summed E-state index contributed by atoms with van der Waals surface area (Å²) in [7, 11) is 0. The van der Waals surface area contributed by atoms with Gasteiger partial charge in [-0.05, 0) is 77.0 Å². The van der Waals surface area contributed by atoms with E-state index in [2.05, 4.69) is 80.7 Å². The van der Waals surface area contributed by atoms with E-state index in [1.807, 2.05) is 6.08 Å². The second-order valence-electron chi connectivity index (χ2n) is 16.9. The van der Waals surface area contributed by atoms with Crippen molar-refractivity contribution in [1.29, 1.82) is 0 Å². The molecule has 0 aliphatic carbocycles. The van der Waals surface area contributed by atoms with Crippen LogP contribution in [0.5, 0.6) is 0 Å². The Morgan fingerprint density at radius 1 is 0.500 bits per heavy atom. The van der Waals surface area contributed by atoms with E-state index in [9.17, 15) is 34.8 Å². The molecule has 0 saturated carbocycles. The number of aliphatic carboxylic acids is 1. The minimum Gasteiger partial charge on any atom is -0.479 e. The smallest absolute Gasteiger partial charge is 0.335 e. The number of aliphatic hydroxyl groups excluding tert-OH is 3.